The van der Waals surface area contributed by atoms with Crippen LogP contribution in [0.1, 0.15) is 20.3 Å². The molecule has 8 heteroatoms. The second-order valence-electron chi connectivity index (χ2n) is 3.38. The summed E-state index contributed by atoms with van der Waals surface area (Å²) in [6.45, 7) is 2.27. The molecule has 0 aliphatic rings. The van der Waals surface area contributed by atoms with Crippen molar-refractivity contribution >= 4 is 23.9 Å². The molecule has 0 saturated carbocycles. The highest BCUT2D eigenvalue weighted by Gasteiger charge is 2.35. The lowest BCUT2D eigenvalue weighted by atomic mass is 9.95. The van der Waals surface area contributed by atoms with Gasteiger partial charge >= 0.3 is 23.9 Å². The minimum Gasteiger partial charge on any atom is -0.481 e. The Balaban J connectivity index is 0. The number of aliphatic carboxylic acids is 3. The predicted octanol–water partition coefficient (Wildman–Crippen LogP) is -0.184. The van der Waals surface area contributed by atoms with Crippen LogP contribution in [0.15, 0.2) is 0 Å². The highest BCUT2D eigenvalue weighted by atomic mass is 16.5. The Morgan fingerprint density at radius 1 is 1.00 bits per heavy atom. The van der Waals surface area contributed by atoms with Gasteiger partial charge in [-0.15, -0.1) is 0 Å². The zero-order valence-electron chi connectivity index (χ0n) is 9.59. The van der Waals surface area contributed by atoms with E-state index in [0.717, 1.165) is 21.0 Å². The molecule has 0 fully saturated rings. The molecule has 0 heterocycles. The first kappa shape index (κ1) is 17.3. The molecular weight excluding hydrogens is 236 g/mol. The molecule has 0 unspecified atom stereocenters. The lowest BCUT2D eigenvalue weighted by Crippen LogP contribution is -2.32. The molecule has 0 aliphatic carbocycles. The van der Waals surface area contributed by atoms with Crippen molar-refractivity contribution in [3.8, 4) is 0 Å². The van der Waals surface area contributed by atoms with Crippen molar-refractivity contribution < 1.29 is 39.2 Å². The average Bonchev–Trinajstić information content (AvgIpc) is 2.17. The number of hydrogen-bond acceptors (Lipinski definition) is 5. The Labute approximate surface area is 96.8 Å². The molecule has 0 bridgehead atoms. The van der Waals surface area contributed by atoms with Crippen molar-refractivity contribution in [2.75, 3.05) is 7.11 Å². The molecular formula is C9H14O8. The quantitative estimate of drug-likeness (QED) is 0.461. The number of hydrogen-bond donors (Lipinski definition) is 3. The van der Waals surface area contributed by atoms with Crippen LogP contribution in [-0.4, -0.2) is 46.3 Å². The largest absolute Gasteiger partial charge is 0.481 e. The van der Waals surface area contributed by atoms with Crippen LogP contribution >= 0.6 is 0 Å². The minimum atomic E-state index is -1.67. The molecule has 0 spiro atoms. The van der Waals surface area contributed by atoms with Crippen LogP contribution < -0.4 is 0 Å². The van der Waals surface area contributed by atoms with E-state index in [1.807, 2.05) is 0 Å². The Kier molecular flexibility index (Phi) is 7.32. The number of esters is 1. The van der Waals surface area contributed by atoms with Crippen molar-refractivity contribution in [3.05, 3.63) is 0 Å². The zero-order valence-corrected chi connectivity index (χ0v) is 9.59. The van der Waals surface area contributed by atoms with Gasteiger partial charge in [-0.05, 0) is 13.8 Å². The van der Waals surface area contributed by atoms with Crippen molar-refractivity contribution in [1.82, 2.24) is 0 Å². The normalized spacial score (nSPS) is 9.59. The highest BCUT2D eigenvalue weighted by Crippen LogP contribution is 2.14. The fourth-order valence-corrected chi connectivity index (χ4v) is 0.287. The van der Waals surface area contributed by atoms with E-state index in [-0.39, 0.29) is 0 Å². The molecule has 17 heavy (non-hydrogen) atoms. The van der Waals surface area contributed by atoms with Crippen LogP contribution in [0.25, 0.3) is 0 Å². The second kappa shape index (κ2) is 7.20. The van der Waals surface area contributed by atoms with Crippen molar-refractivity contribution in [3.63, 3.8) is 0 Å². The van der Waals surface area contributed by atoms with Crippen LogP contribution in [0.4, 0.5) is 0 Å². The summed E-state index contributed by atoms with van der Waals surface area (Å²) in [5.41, 5.74) is -1.67. The first-order valence-electron chi connectivity index (χ1n) is 4.31. The molecule has 3 N–H and O–H groups in total. The lowest BCUT2D eigenvalue weighted by Gasteiger charge is -2.10. The Hall–Kier alpha value is -2.12. The standard InChI is InChI=1S/C5H8O4.C4H6O4/c1-5(2,3(6)7)4(8)9;1-8-4(7)2-3(5)6/h1-2H3,(H,6,7)(H,8,9);2H2,1H3,(H,5,6). The van der Waals surface area contributed by atoms with Gasteiger partial charge in [0, 0.05) is 0 Å². The molecule has 0 aromatic heterocycles. The van der Waals surface area contributed by atoms with Gasteiger partial charge in [-0.1, -0.05) is 0 Å². The molecule has 0 aliphatic heterocycles. The first-order valence-corrected chi connectivity index (χ1v) is 4.31. The third kappa shape index (κ3) is 7.77. The maximum atomic E-state index is 10.1. The molecule has 8 nitrogen and oxygen atoms in total. The van der Waals surface area contributed by atoms with E-state index >= 15 is 0 Å². The number of carbonyl (C=O) groups excluding carboxylic acids is 1. The number of carboxylic acid groups (broad SMARTS) is 3. The number of ether oxygens (including phenoxy) is 1. The second-order valence-corrected chi connectivity index (χ2v) is 3.38. The first-order chi connectivity index (χ1) is 7.55. The highest BCUT2D eigenvalue weighted by molar-refractivity contribution is 5.97. The number of carboxylic acids is 3. The zero-order chi connectivity index (χ0) is 14.2. The number of rotatable bonds is 4. The predicted molar refractivity (Wildman–Crippen MR) is 53.3 cm³/mol. The Bertz CT molecular complexity index is 301. The van der Waals surface area contributed by atoms with E-state index in [0.29, 0.717) is 0 Å². The van der Waals surface area contributed by atoms with Crippen LogP contribution in [0.2, 0.25) is 0 Å². The Morgan fingerprint density at radius 2 is 1.35 bits per heavy atom. The fraction of sp³-hybridized carbons (Fsp3) is 0.556. The van der Waals surface area contributed by atoms with Gasteiger partial charge in [-0.2, -0.15) is 0 Å². The summed E-state index contributed by atoms with van der Waals surface area (Å²) < 4.78 is 4.04. The SMILES string of the molecule is CC(C)(C(=O)O)C(=O)O.COC(=O)CC(=O)O. The van der Waals surface area contributed by atoms with Crippen molar-refractivity contribution in [2.24, 2.45) is 5.41 Å². The van der Waals surface area contributed by atoms with Gasteiger partial charge < -0.3 is 20.1 Å². The third-order valence-corrected chi connectivity index (χ3v) is 1.59. The smallest absolute Gasteiger partial charge is 0.320 e. The van der Waals surface area contributed by atoms with Gasteiger partial charge in [0.05, 0.1) is 7.11 Å². The van der Waals surface area contributed by atoms with Gasteiger partial charge in [-0.25, -0.2) is 0 Å². The fourth-order valence-electron chi connectivity index (χ4n) is 0.287. The number of methoxy groups -OCH3 is 1. The molecule has 0 aromatic rings. The molecule has 98 valence electrons. The van der Waals surface area contributed by atoms with Crippen LogP contribution in [-0.2, 0) is 23.9 Å². The van der Waals surface area contributed by atoms with E-state index in [1.165, 1.54) is 0 Å². The molecule has 0 rings (SSSR count). The summed E-state index contributed by atoms with van der Waals surface area (Å²) >= 11 is 0. The van der Waals surface area contributed by atoms with Gasteiger partial charge in [0.25, 0.3) is 0 Å². The summed E-state index contributed by atoms with van der Waals surface area (Å²) in [6, 6.07) is 0. The van der Waals surface area contributed by atoms with Crippen LogP contribution in [0.3, 0.4) is 0 Å². The van der Waals surface area contributed by atoms with Crippen LogP contribution in [0.5, 0.6) is 0 Å². The monoisotopic (exact) mass is 250 g/mol. The van der Waals surface area contributed by atoms with E-state index in [4.69, 9.17) is 15.3 Å². The van der Waals surface area contributed by atoms with Crippen LogP contribution in [0, 0.1) is 5.41 Å². The summed E-state index contributed by atoms with van der Waals surface area (Å²) in [7, 11) is 1.14. The van der Waals surface area contributed by atoms with Crippen molar-refractivity contribution in [1.29, 1.82) is 0 Å². The third-order valence-electron chi connectivity index (χ3n) is 1.59. The van der Waals surface area contributed by atoms with E-state index in [2.05, 4.69) is 4.74 Å². The van der Waals surface area contributed by atoms with Gasteiger partial charge in [-0.3, -0.25) is 19.2 Å². The van der Waals surface area contributed by atoms with Gasteiger partial charge in [0.2, 0.25) is 0 Å². The number of carbonyl (C=O) groups is 4. The van der Waals surface area contributed by atoms with Crippen molar-refractivity contribution in [2.45, 2.75) is 20.3 Å². The van der Waals surface area contributed by atoms with E-state index in [9.17, 15) is 19.2 Å². The molecule has 0 saturated heterocycles. The maximum Gasteiger partial charge on any atom is 0.320 e. The molecule has 0 aromatic carbocycles. The van der Waals surface area contributed by atoms with E-state index < -0.39 is 35.7 Å². The molecule has 0 amide bonds. The summed E-state index contributed by atoms with van der Waals surface area (Å²) in [4.78, 5) is 39.9. The van der Waals surface area contributed by atoms with Gasteiger partial charge in [0.15, 0.2) is 5.41 Å². The van der Waals surface area contributed by atoms with Gasteiger partial charge in [0.1, 0.15) is 6.42 Å². The molecule has 0 atom stereocenters. The lowest BCUT2D eigenvalue weighted by molar-refractivity contribution is -0.162. The summed E-state index contributed by atoms with van der Waals surface area (Å²) in [5.74, 6) is -4.54. The topological polar surface area (TPSA) is 138 Å². The molecule has 0 radical (unpaired) electrons. The maximum absolute atomic E-state index is 10.1. The average molecular weight is 250 g/mol. The minimum absolute atomic E-state index is 0.559. The Morgan fingerprint density at radius 3 is 1.41 bits per heavy atom. The summed E-state index contributed by atoms with van der Waals surface area (Å²) in [6.07, 6.45) is -0.559. The summed E-state index contributed by atoms with van der Waals surface area (Å²) in [5, 5.41) is 24.4. The van der Waals surface area contributed by atoms with E-state index in [1.54, 1.807) is 0 Å².